The number of hydrogen-bond donors (Lipinski definition) is 0. The third-order valence-corrected chi connectivity index (χ3v) is 3.93. The van der Waals surface area contributed by atoms with Gasteiger partial charge in [0, 0.05) is 0 Å². The minimum Gasteiger partial charge on any atom is -0.493 e. The van der Waals surface area contributed by atoms with Crippen molar-refractivity contribution < 1.29 is 4.74 Å². The lowest BCUT2D eigenvalue weighted by molar-refractivity contribution is 0.288. The van der Waals surface area contributed by atoms with Crippen molar-refractivity contribution in [2.24, 2.45) is 23.7 Å². The van der Waals surface area contributed by atoms with Gasteiger partial charge in [-0.15, -0.1) is 6.58 Å². The Balaban J connectivity index is 1.44. The van der Waals surface area contributed by atoms with Crippen LogP contribution in [0.4, 0.5) is 0 Å². The van der Waals surface area contributed by atoms with E-state index in [1.54, 1.807) is 0 Å². The van der Waals surface area contributed by atoms with Gasteiger partial charge in [0.15, 0.2) is 0 Å². The molecule has 0 spiro atoms. The fourth-order valence-electron chi connectivity index (χ4n) is 2.71. The van der Waals surface area contributed by atoms with Crippen LogP contribution in [-0.2, 0) is 0 Å². The van der Waals surface area contributed by atoms with Gasteiger partial charge in [0.2, 0.25) is 0 Å². The van der Waals surface area contributed by atoms with Crippen LogP contribution in [0.3, 0.4) is 0 Å². The van der Waals surface area contributed by atoms with E-state index >= 15 is 0 Å². The Kier molecular flexibility index (Phi) is 2.47. The van der Waals surface area contributed by atoms with Crippen LogP contribution in [0.1, 0.15) is 12.8 Å². The van der Waals surface area contributed by atoms with Crippen LogP contribution in [0.2, 0.25) is 0 Å². The molecule has 1 aromatic rings. The number of hydrogen-bond acceptors (Lipinski definition) is 1. The van der Waals surface area contributed by atoms with Gasteiger partial charge in [0.05, 0.1) is 6.61 Å². The molecule has 0 aromatic heterocycles. The first kappa shape index (κ1) is 9.95. The molecule has 0 bridgehead atoms. The molecular weight excluding hydrogens is 196 g/mol. The molecule has 0 unspecified atom stereocenters. The average Bonchev–Trinajstić information content (AvgIpc) is 3.21. The van der Waals surface area contributed by atoms with Crippen molar-refractivity contribution in [3.63, 3.8) is 0 Å². The van der Waals surface area contributed by atoms with Crippen LogP contribution in [0.25, 0.3) is 0 Å². The van der Waals surface area contributed by atoms with E-state index in [1.807, 2.05) is 30.3 Å². The fraction of sp³-hybridized carbons (Fsp3) is 0.467. The normalized spacial score (nSPS) is 35.5. The first-order valence-corrected chi connectivity index (χ1v) is 6.19. The van der Waals surface area contributed by atoms with Gasteiger partial charge >= 0.3 is 0 Å². The van der Waals surface area contributed by atoms with Crippen LogP contribution in [0.15, 0.2) is 43.0 Å². The SMILES string of the molecule is C=C[C@@H]1C[C@@H]1[C@@H]1C[C@@H]1COc1ccccc1. The molecule has 1 aromatic carbocycles. The van der Waals surface area contributed by atoms with Crippen molar-refractivity contribution in [1.82, 2.24) is 0 Å². The Morgan fingerprint density at radius 1 is 1.19 bits per heavy atom. The molecule has 84 valence electrons. The minimum atomic E-state index is 0.801. The van der Waals surface area contributed by atoms with E-state index in [4.69, 9.17) is 4.74 Å². The Bertz CT molecular complexity index is 370. The molecule has 2 aliphatic rings. The molecule has 0 aliphatic heterocycles. The number of allylic oxidation sites excluding steroid dienone is 1. The maximum atomic E-state index is 5.78. The second-order valence-corrected chi connectivity index (χ2v) is 5.08. The Morgan fingerprint density at radius 3 is 2.69 bits per heavy atom. The summed E-state index contributed by atoms with van der Waals surface area (Å²) < 4.78 is 5.78. The molecule has 1 heteroatoms. The zero-order valence-electron chi connectivity index (χ0n) is 9.51. The molecule has 0 saturated heterocycles. The molecule has 4 atom stereocenters. The summed E-state index contributed by atoms with van der Waals surface area (Å²) in [6.45, 7) is 4.77. The highest BCUT2D eigenvalue weighted by Crippen LogP contribution is 2.58. The summed E-state index contributed by atoms with van der Waals surface area (Å²) in [5.74, 6) is 4.47. The molecule has 2 aliphatic carbocycles. The summed E-state index contributed by atoms with van der Waals surface area (Å²) in [5, 5.41) is 0. The Hall–Kier alpha value is -1.24. The summed E-state index contributed by atoms with van der Waals surface area (Å²) in [7, 11) is 0. The lowest BCUT2D eigenvalue weighted by atomic mass is 10.2. The lowest BCUT2D eigenvalue weighted by Gasteiger charge is -2.04. The summed E-state index contributed by atoms with van der Waals surface area (Å²) in [6, 6.07) is 10.1. The zero-order valence-corrected chi connectivity index (χ0v) is 9.51. The van der Waals surface area contributed by atoms with Gasteiger partial charge in [-0.25, -0.2) is 0 Å². The Morgan fingerprint density at radius 2 is 2.00 bits per heavy atom. The monoisotopic (exact) mass is 214 g/mol. The first-order valence-electron chi connectivity index (χ1n) is 6.19. The molecule has 16 heavy (non-hydrogen) atoms. The van der Waals surface area contributed by atoms with E-state index in [0.717, 1.165) is 36.0 Å². The van der Waals surface area contributed by atoms with Crippen LogP contribution < -0.4 is 4.74 Å². The van der Waals surface area contributed by atoms with Crippen molar-refractivity contribution in [3.8, 4) is 5.75 Å². The number of rotatable bonds is 5. The van der Waals surface area contributed by atoms with Crippen LogP contribution in [0.5, 0.6) is 5.75 Å². The Labute approximate surface area is 97.1 Å². The maximum absolute atomic E-state index is 5.78. The van der Waals surface area contributed by atoms with E-state index in [1.165, 1.54) is 12.8 Å². The minimum absolute atomic E-state index is 0.801. The van der Waals surface area contributed by atoms with Crippen molar-refractivity contribution in [3.05, 3.63) is 43.0 Å². The van der Waals surface area contributed by atoms with Crippen molar-refractivity contribution in [1.29, 1.82) is 0 Å². The summed E-state index contributed by atoms with van der Waals surface area (Å²) in [6.07, 6.45) is 4.86. The van der Waals surface area contributed by atoms with Gasteiger partial charge in [-0.05, 0) is 48.6 Å². The lowest BCUT2D eigenvalue weighted by Crippen LogP contribution is -2.01. The third-order valence-electron chi connectivity index (χ3n) is 3.93. The summed E-state index contributed by atoms with van der Waals surface area (Å²) in [4.78, 5) is 0. The summed E-state index contributed by atoms with van der Waals surface area (Å²) in [5.41, 5.74) is 0. The van der Waals surface area contributed by atoms with Gasteiger partial charge in [-0.1, -0.05) is 24.3 Å². The third kappa shape index (κ3) is 1.99. The van der Waals surface area contributed by atoms with E-state index in [9.17, 15) is 0 Å². The maximum Gasteiger partial charge on any atom is 0.119 e. The quantitative estimate of drug-likeness (QED) is 0.681. The van der Waals surface area contributed by atoms with Crippen molar-refractivity contribution >= 4 is 0 Å². The zero-order chi connectivity index (χ0) is 11.0. The highest BCUT2D eigenvalue weighted by molar-refractivity contribution is 5.21. The van der Waals surface area contributed by atoms with Crippen LogP contribution in [0, 0.1) is 23.7 Å². The highest BCUT2D eigenvalue weighted by Gasteiger charge is 2.52. The van der Waals surface area contributed by atoms with Crippen molar-refractivity contribution in [2.75, 3.05) is 6.61 Å². The van der Waals surface area contributed by atoms with E-state index in [-0.39, 0.29) is 0 Å². The molecule has 0 radical (unpaired) electrons. The van der Waals surface area contributed by atoms with Gasteiger partial charge < -0.3 is 4.74 Å². The molecular formula is C15H18O. The predicted molar refractivity (Wildman–Crippen MR) is 65.3 cm³/mol. The second kappa shape index (κ2) is 3.97. The fourth-order valence-corrected chi connectivity index (χ4v) is 2.71. The van der Waals surface area contributed by atoms with Crippen LogP contribution >= 0.6 is 0 Å². The highest BCUT2D eigenvalue weighted by atomic mass is 16.5. The van der Waals surface area contributed by atoms with Gasteiger partial charge in [-0.3, -0.25) is 0 Å². The van der Waals surface area contributed by atoms with Gasteiger partial charge in [0.25, 0.3) is 0 Å². The molecule has 2 fully saturated rings. The molecule has 0 heterocycles. The van der Waals surface area contributed by atoms with Gasteiger partial charge in [0.1, 0.15) is 5.75 Å². The molecule has 1 nitrogen and oxygen atoms in total. The molecule has 0 amide bonds. The number of ether oxygens (including phenoxy) is 1. The number of para-hydroxylation sites is 1. The largest absolute Gasteiger partial charge is 0.493 e. The number of benzene rings is 1. The van der Waals surface area contributed by atoms with E-state index in [2.05, 4.69) is 12.7 Å². The van der Waals surface area contributed by atoms with E-state index < -0.39 is 0 Å². The van der Waals surface area contributed by atoms with Crippen LogP contribution in [-0.4, -0.2) is 6.61 Å². The molecule has 2 saturated carbocycles. The van der Waals surface area contributed by atoms with E-state index in [0.29, 0.717) is 0 Å². The first-order chi connectivity index (χ1) is 7.88. The molecule has 0 N–H and O–H groups in total. The predicted octanol–water partition coefficient (Wildman–Crippen LogP) is 3.52. The average molecular weight is 214 g/mol. The van der Waals surface area contributed by atoms with Gasteiger partial charge in [-0.2, -0.15) is 0 Å². The summed E-state index contributed by atoms with van der Waals surface area (Å²) >= 11 is 0. The molecule has 3 rings (SSSR count). The smallest absolute Gasteiger partial charge is 0.119 e. The standard InChI is InChI=1S/C15H18O/c1-2-11-8-14(11)15-9-12(15)10-16-13-6-4-3-5-7-13/h2-7,11-12,14-15H,1,8-10H2/t11-,12-,14+,15-/m1/s1. The van der Waals surface area contributed by atoms with Crippen molar-refractivity contribution in [2.45, 2.75) is 12.8 Å². The topological polar surface area (TPSA) is 9.23 Å². The second-order valence-electron chi connectivity index (χ2n) is 5.08.